The fourth-order valence-corrected chi connectivity index (χ4v) is 2.86. The molecule has 1 unspecified atom stereocenters. The van der Waals surface area contributed by atoms with E-state index in [0.717, 1.165) is 22.3 Å². The van der Waals surface area contributed by atoms with E-state index < -0.39 is 0 Å². The number of fused-ring (bicyclic) bond motifs is 1. The molecule has 1 N–H and O–H groups in total. The van der Waals surface area contributed by atoms with E-state index in [1.54, 1.807) is 22.9 Å². The molecular weight excluding hydrogens is 307 g/mol. The fraction of sp³-hybridized carbons (Fsp3) is 0.278. The van der Waals surface area contributed by atoms with Crippen LogP contribution in [0.15, 0.2) is 30.3 Å². The molecule has 5 nitrogen and oxygen atoms in total. The molecule has 1 amide bonds. The predicted octanol–water partition coefficient (Wildman–Crippen LogP) is 3.22. The second-order valence-electron chi connectivity index (χ2n) is 5.97. The Morgan fingerprint density at radius 2 is 1.92 bits per heavy atom. The number of hydrogen-bond donors (Lipinski definition) is 1. The SMILES string of the molecule is Cc1cc(C(=O)NC(C)c2ccc(F)cc2)c2c(C)nn(C)c2n1. The number of rotatable bonds is 3. The normalized spacial score (nSPS) is 12.4. The topological polar surface area (TPSA) is 59.8 Å². The van der Waals surface area contributed by atoms with Crippen LogP contribution in [0.4, 0.5) is 4.39 Å². The highest BCUT2D eigenvalue weighted by Gasteiger charge is 2.19. The van der Waals surface area contributed by atoms with Gasteiger partial charge in [0, 0.05) is 12.7 Å². The third kappa shape index (κ3) is 2.87. The lowest BCUT2D eigenvalue weighted by Gasteiger charge is -2.15. The van der Waals surface area contributed by atoms with E-state index >= 15 is 0 Å². The third-order valence-electron chi connectivity index (χ3n) is 4.06. The van der Waals surface area contributed by atoms with Gasteiger partial charge in [0.05, 0.1) is 22.7 Å². The molecule has 0 aliphatic rings. The molecule has 0 aliphatic carbocycles. The van der Waals surface area contributed by atoms with Crippen molar-refractivity contribution >= 4 is 16.9 Å². The Morgan fingerprint density at radius 1 is 1.25 bits per heavy atom. The molecule has 2 heterocycles. The maximum absolute atomic E-state index is 13.0. The van der Waals surface area contributed by atoms with Gasteiger partial charge in [-0.05, 0) is 44.5 Å². The van der Waals surface area contributed by atoms with Crippen molar-refractivity contribution in [3.05, 3.63) is 58.7 Å². The molecule has 0 saturated heterocycles. The summed E-state index contributed by atoms with van der Waals surface area (Å²) in [5, 5.41) is 8.07. The van der Waals surface area contributed by atoms with Gasteiger partial charge in [-0.15, -0.1) is 0 Å². The van der Waals surface area contributed by atoms with Crippen molar-refractivity contribution in [2.75, 3.05) is 0 Å². The van der Waals surface area contributed by atoms with Gasteiger partial charge in [0.25, 0.3) is 5.91 Å². The number of nitrogens with zero attached hydrogens (tertiary/aromatic N) is 3. The molecule has 0 radical (unpaired) electrons. The molecule has 3 rings (SSSR count). The van der Waals surface area contributed by atoms with Crippen LogP contribution in [0.2, 0.25) is 0 Å². The summed E-state index contributed by atoms with van der Waals surface area (Å²) < 4.78 is 14.7. The molecule has 124 valence electrons. The number of aryl methyl sites for hydroxylation is 3. The summed E-state index contributed by atoms with van der Waals surface area (Å²) in [6.45, 7) is 5.58. The zero-order valence-electron chi connectivity index (χ0n) is 14.1. The second kappa shape index (κ2) is 6.03. The Balaban J connectivity index is 1.95. The quantitative estimate of drug-likeness (QED) is 0.804. The first-order valence-corrected chi connectivity index (χ1v) is 7.74. The zero-order chi connectivity index (χ0) is 17.4. The van der Waals surface area contributed by atoms with Gasteiger partial charge in [0.1, 0.15) is 5.82 Å². The molecule has 0 spiro atoms. The number of amides is 1. The molecule has 0 aliphatic heterocycles. The van der Waals surface area contributed by atoms with Crippen molar-refractivity contribution in [1.29, 1.82) is 0 Å². The van der Waals surface area contributed by atoms with Crippen molar-refractivity contribution in [1.82, 2.24) is 20.1 Å². The van der Waals surface area contributed by atoms with Crippen LogP contribution in [0.25, 0.3) is 11.0 Å². The monoisotopic (exact) mass is 326 g/mol. The summed E-state index contributed by atoms with van der Waals surface area (Å²) in [6.07, 6.45) is 0. The minimum Gasteiger partial charge on any atom is -0.345 e. The average molecular weight is 326 g/mol. The Hall–Kier alpha value is -2.76. The van der Waals surface area contributed by atoms with E-state index in [-0.39, 0.29) is 17.8 Å². The number of nitrogens with one attached hydrogen (secondary N) is 1. The molecule has 1 aromatic carbocycles. The molecule has 0 bridgehead atoms. The maximum atomic E-state index is 13.0. The lowest BCUT2D eigenvalue weighted by molar-refractivity contribution is 0.0941. The first-order chi connectivity index (χ1) is 11.4. The number of carbonyl (C=O) groups is 1. The molecule has 1 atom stereocenters. The van der Waals surface area contributed by atoms with Gasteiger partial charge in [0.2, 0.25) is 0 Å². The number of carbonyl (C=O) groups excluding carboxylic acids is 1. The molecule has 2 aromatic heterocycles. The lowest BCUT2D eigenvalue weighted by Crippen LogP contribution is -2.27. The minimum absolute atomic E-state index is 0.196. The van der Waals surface area contributed by atoms with E-state index in [0.29, 0.717) is 11.2 Å². The van der Waals surface area contributed by atoms with Crippen LogP contribution in [0.5, 0.6) is 0 Å². The minimum atomic E-state index is -0.297. The van der Waals surface area contributed by atoms with E-state index in [1.807, 2.05) is 27.8 Å². The van der Waals surface area contributed by atoms with Crippen LogP contribution in [0.1, 0.15) is 40.3 Å². The summed E-state index contributed by atoms with van der Waals surface area (Å²) in [7, 11) is 1.81. The van der Waals surface area contributed by atoms with E-state index in [2.05, 4.69) is 15.4 Å². The molecular formula is C18H19FN4O. The Kier molecular flexibility index (Phi) is 4.05. The van der Waals surface area contributed by atoms with Crippen LogP contribution < -0.4 is 5.32 Å². The van der Waals surface area contributed by atoms with Gasteiger partial charge >= 0.3 is 0 Å². The average Bonchev–Trinajstić information content (AvgIpc) is 2.81. The largest absolute Gasteiger partial charge is 0.345 e. The Labute approximate surface area is 139 Å². The number of pyridine rings is 1. The van der Waals surface area contributed by atoms with E-state index in [9.17, 15) is 9.18 Å². The van der Waals surface area contributed by atoms with Crippen molar-refractivity contribution in [3.8, 4) is 0 Å². The first kappa shape index (κ1) is 16.1. The summed E-state index contributed by atoms with van der Waals surface area (Å²) in [6, 6.07) is 7.64. The van der Waals surface area contributed by atoms with Crippen LogP contribution in [0.3, 0.4) is 0 Å². The highest BCUT2D eigenvalue weighted by Crippen LogP contribution is 2.22. The van der Waals surface area contributed by atoms with Gasteiger partial charge in [-0.25, -0.2) is 9.37 Å². The Morgan fingerprint density at radius 3 is 2.58 bits per heavy atom. The van der Waals surface area contributed by atoms with Crippen LogP contribution in [-0.2, 0) is 7.05 Å². The summed E-state index contributed by atoms with van der Waals surface area (Å²) >= 11 is 0. The van der Waals surface area contributed by atoms with Gasteiger partial charge in [-0.1, -0.05) is 12.1 Å². The maximum Gasteiger partial charge on any atom is 0.252 e. The molecule has 0 saturated carbocycles. The van der Waals surface area contributed by atoms with Crippen LogP contribution in [-0.4, -0.2) is 20.7 Å². The van der Waals surface area contributed by atoms with Crippen LogP contribution >= 0.6 is 0 Å². The standard InChI is InChI=1S/C18H19FN4O/c1-10-9-15(16-12(3)22-23(4)17(16)20-10)18(24)21-11(2)13-5-7-14(19)8-6-13/h5-9,11H,1-4H3,(H,21,24). The second-order valence-corrected chi connectivity index (χ2v) is 5.97. The highest BCUT2D eigenvalue weighted by molar-refractivity contribution is 6.06. The highest BCUT2D eigenvalue weighted by atomic mass is 19.1. The zero-order valence-corrected chi connectivity index (χ0v) is 14.1. The number of hydrogen-bond acceptors (Lipinski definition) is 3. The molecule has 0 fully saturated rings. The molecule has 24 heavy (non-hydrogen) atoms. The fourth-order valence-electron chi connectivity index (χ4n) is 2.86. The first-order valence-electron chi connectivity index (χ1n) is 7.74. The summed E-state index contributed by atoms with van der Waals surface area (Å²) in [5.74, 6) is -0.492. The van der Waals surface area contributed by atoms with Crippen LogP contribution in [0, 0.1) is 19.7 Å². The van der Waals surface area contributed by atoms with Crippen molar-refractivity contribution < 1.29 is 9.18 Å². The predicted molar refractivity (Wildman–Crippen MR) is 90.3 cm³/mol. The number of aromatic nitrogens is 3. The van der Waals surface area contributed by atoms with Crippen molar-refractivity contribution in [2.45, 2.75) is 26.8 Å². The van der Waals surface area contributed by atoms with Gasteiger partial charge in [0.15, 0.2) is 5.65 Å². The smallest absolute Gasteiger partial charge is 0.252 e. The van der Waals surface area contributed by atoms with Crippen molar-refractivity contribution in [2.24, 2.45) is 7.05 Å². The van der Waals surface area contributed by atoms with Gasteiger partial charge < -0.3 is 5.32 Å². The molecule has 6 heteroatoms. The summed E-state index contributed by atoms with van der Waals surface area (Å²) in [4.78, 5) is 17.2. The third-order valence-corrected chi connectivity index (χ3v) is 4.06. The Bertz CT molecular complexity index is 915. The lowest BCUT2D eigenvalue weighted by atomic mass is 10.1. The van der Waals surface area contributed by atoms with Crippen molar-refractivity contribution in [3.63, 3.8) is 0 Å². The molecule has 3 aromatic rings. The number of benzene rings is 1. The van der Waals surface area contributed by atoms with E-state index in [1.165, 1.54) is 12.1 Å². The number of halogens is 1. The van der Waals surface area contributed by atoms with E-state index in [4.69, 9.17) is 0 Å². The van der Waals surface area contributed by atoms with Gasteiger partial charge in [-0.2, -0.15) is 5.10 Å². The summed E-state index contributed by atoms with van der Waals surface area (Å²) in [5.41, 5.74) is 3.60. The van der Waals surface area contributed by atoms with Gasteiger partial charge in [-0.3, -0.25) is 9.48 Å².